The van der Waals surface area contributed by atoms with Crippen LogP contribution in [-0.2, 0) is 4.79 Å². The molecule has 9 nitrogen and oxygen atoms in total. The highest BCUT2D eigenvalue weighted by atomic mass is 16.5. The second kappa shape index (κ2) is 9.29. The maximum absolute atomic E-state index is 12.7. The molecule has 3 heterocycles. The van der Waals surface area contributed by atoms with Gasteiger partial charge in [0.15, 0.2) is 0 Å². The van der Waals surface area contributed by atoms with E-state index in [1.165, 1.54) is 0 Å². The van der Waals surface area contributed by atoms with Gasteiger partial charge in [0, 0.05) is 45.3 Å². The van der Waals surface area contributed by atoms with E-state index in [0.29, 0.717) is 31.9 Å². The van der Waals surface area contributed by atoms with Crippen molar-refractivity contribution in [1.82, 2.24) is 14.8 Å². The SMILES string of the molecule is O=C(CN1CC[C@@H]([NH+]([O-])Nc2ccc(O)cc2)C1)N1CCN(c2ccccn2)CC1. The first-order valence-electron chi connectivity index (χ1n) is 10.3. The maximum atomic E-state index is 12.7. The Kier molecular flexibility index (Phi) is 6.32. The van der Waals surface area contributed by atoms with Crippen LogP contribution >= 0.6 is 0 Å². The lowest BCUT2D eigenvalue weighted by atomic mass is 10.3. The van der Waals surface area contributed by atoms with Crippen LogP contribution in [0.5, 0.6) is 5.75 Å². The van der Waals surface area contributed by atoms with Crippen molar-refractivity contribution in [3.63, 3.8) is 0 Å². The number of amides is 1. The standard InChI is InChI=1S/C21H28N6O3/c28-19-6-4-17(5-7-19)23-27(30)18-8-10-24(15-18)16-21(29)26-13-11-25(12-14-26)20-3-1-2-9-22-20/h1-7,9,18,23,27-28H,8,10-16H2/t18-/m1/s1. The Morgan fingerprint density at radius 3 is 2.60 bits per heavy atom. The topological polar surface area (TPSA) is 99.4 Å². The summed E-state index contributed by atoms with van der Waals surface area (Å²) in [4.78, 5) is 23.3. The molecule has 2 aromatic rings. The van der Waals surface area contributed by atoms with Gasteiger partial charge >= 0.3 is 0 Å². The van der Waals surface area contributed by atoms with Gasteiger partial charge in [0.05, 0.1) is 18.8 Å². The van der Waals surface area contributed by atoms with Gasteiger partial charge in [0.1, 0.15) is 17.6 Å². The quantitative estimate of drug-likeness (QED) is 0.451. The first-order chi connectivity index (χ1) is 14.6. The smallest absolute Gasteiger partial charge is 0.236 e. The molecule has 0 saturated carbocycles. The van der Waals surface area contributed by atoms with Crippen LogP contribution in [0.3, 0.4) is 0 Å². The molecule has 2 saturated heterocycles. The lowest BCUT2D eigenvalue weighted by Gasteiger charge is -2.36. The minimum atomic E-state index is -0.132. The molecule has 0 radical (unpaired) electrons. The third-order valence-electron chi connectivity index (χ3n) is 5.74. The summed E-state index contributed by atoms with van der Waals surface area (Å²) >= 11 is 0. The van der Waals surface area contributed by atoms with Gasteiger partial charge in [-0.3, -0.25) is 14.9 Å². The van der Waals surface area contributed by atoms with E-state index in [1.807, 2.05) is 23.1 Å². The molecule has 4 rings (SSSR count). The van der Waals surface area contributed by atoms with Crippen molar-refractivity contribution in [2.24, 2.45) is 0 Å². The summed E-state index contributed by atoms with van der Waals surface area (Å²) in [5, 5.41) is 21.8. The van der Waals surface area contributed by atoms with Crippen molar-refractivity contribution >= 4 is 17.4 Å². The van der Waals surface area contributed by atoms with E-state index in [1.54, 1.807) is 30.5 Å². The number of phenolic OH excluding ortho intramolecular Hbond substituents is 1. The molecule has 2 aliphatic heterocycles. The van der Waals surface area contributed by atoms with Crippen LogP contribution in [0.25, 0.3) is 0 Å². The third-order valence-corrected chi connectivity index (χ3v) is 5.74. The Morgan fingerprint density at radius 2 is 1.90 bits per heavy atom. The van der Waals surface area contributed by atoms with Gasteiger partial charge in [-0.1, -0.05) is 6.07 Å². The number of carbonyl (C=O) groups excluding carboxylic acids is 1. The maximum Gasteiger partial charge on any atom is 0.236 e. The number of phenols is 1. The summed E-state index contributed by atoms with van der Waals surface area (Å²) < 4.78 is 0. The number of quaternary nitrogens is 1. The average Bonchev–Trinajstić information content (AvgIpc) is 3.25. The molecule has 0 spiro atoms. The summed E-state index contributed by atoms with van der Waals surface area (Å²) in [5.41, 5.74) is 3.55. The molecule has 160 valence electrons. The number of aromatic nitrogens is 1. The summed E-state index contributed by atoms with van der Waals surface area (Å²) in [7, 11) is 0. The monoisotopic (exact) mass is 412 g/mol. The van der Waals surface area contributed by atoms with Crippen molar-refractivity contribution in [2.75, 3.05) is 56.1 Å². The molecular formula is C21H28N6O3. The van der Waals surface area contributed by atoms with Crippen molar-refractivity contribution in [2.45, 2.75) is 12.5 Å². The van der Waals surface area contributed by atoms with Crippen molar-refractivity contribution < 1.29 is 15.1 Å². The number of rotatable bonds is 6. The van der Waals surface area contributed by atoms with Gasteiger partial charge in [-0.15, -0.1) is 0 Å². The van der Waals surface area contributed by atoms with Gasteiger partial charge < -0.3 is 20.1 Å². The van der Waals surface area contributed by atoms with Crippen LogP contribution in [0.15, 0.2) is 48.7 Å². The number of hydrogen-bond donors (Lipinski definition) is 3. The molecule has 30 heavy (non-hydrogen) atoms. The van der Waals surface area contributed by atoms with Crippen LogP contribution in [0, 0.1) is 5.21 Å². The number of likely N-dealkylation sites (tertiary alicyclic amines) is 1. The van der Waals surface area contributed by atoms with E-state index in [9.17, 15) is 15.1 Å². The zero-order valence-electron chi connectivity index (χ0n) is 16.9. The number of hydroxylamine groups is 1. The average molecular weight is 412 g/mol. The largest absolute Gasteiger partial charge is 0.608 e. The second-order valence-corrected chi connectivity index (χ2v) is 7.81. The number of nitrogens with zero attached hydrogens (tertiary/aromatic N) is 4. The second-order valence-electron chi connectivity index (χ2n) is 7.81. The van der Waals surface area contributed by atoms with E-state index in [4.69, 9.17) is 0 Å². The number of pyridine rings is 1. The number of benzene rings is 1. The zero-order valence-corrected chi connectivity index (χ0v) is 16.9. The third kappa shape index (κ3) is 4.99. The highest BCUT2D eigenvalue weighted by Gasteiger charge is 2.31. The lowest BCUT2D eigenvalue weighted by Crippen LogP contribution is -3.14. The zero-order chi connectivity index (χ0) is 20.9. The van der Waals surface area contributed by atoms with E-state index in [0.717, 1.165) is 31.9 Å². The fourth-order valence-corrected chi connectivity index (χ4v) is 4.00. The van der Waals surface area contributed by atoms with E-state index in [2.05, 4.69) is 20.2 Å². The number of anilines is 2. The molecule has 0 aliphatic carbocycles. The molecule has 2 fully saturated rings. The number of aromatic hydroxyl groups is 1. The Labute approximate surface area is 176 Å². The predicted molar refractivity (Wildman–Crippen MR) is 114 cm³/mol. The van der Waals surface area contributed by atoms with Crippen molar-refractivity contribution in [3.05, 3.63) is 53.9 Å². The molecule has 1 aromatic heterocycles. The molecular weight excluding hydrogens is 384 g/mol. The Hall–Kier alpha value is -2.88. The molecule has 1 amide bonds. The molecule has 3 N–H and O–H groups in total. The van der Waals surface area contributed by atoms with Crippen LogP contribution in [0.2, 0.25) is 0 Å². The Bertz CT molecular complexity index is 826. The highest BCUT2D eigenvalue weighted by Crippen LogP contribution is 2.15. The lowest BCUT2D eigenvalue weighted by molar-refractivity contribution is -0.850. The van der Waals surface area contributed by atoms with Gasteiger partial charge in [-0.25, -0.2) is 10.4 Å². The summed E-state index contributed by atoms with van der Waals surface area (Å²) in [6, 6.07) is 12.2. The summed E-state index contributed by atoms with van der Waals surface area (Å²) in [6.45, 7) is 4.62. The molecule has 2 aliphatic rings. The van der Waals surface area contributed by atoms with Crippen LogP contribution < -0.4 is 15.5 Å². The molecule has 2 atom stereocenters. The minimum absolute atomic E-state index is 0.0420. The highest BCUT2D eigenvalue weighted by molar-refractivity contribution is 5.78. The van der Waals surface area contributed by atoms with Crippen LogP contribution in [0.4, 0.5) is 11.5 Å². The number of piperazine rings is 1. The molecule has 1 unspecified atom stereocenters. The first-order valence-corrected chi connectivity index (χ1v) is 10.3. The number of nitrogens with one attached hydrogen (secondary N) is 2. The van der Waals surface area contributed by atoms with Crippen molar-refractivity contribution in [1.29, 1.82) is 0 Å². The Balaban J connectivity index is 1.21. The predicted octanol–water partition coefficient (Wildman–Crippen LogP) is -0.0801. The normalized spacial score (nSPS) is 20.9. The van der Waals surface area contributed by atoms with E-state index >= 15 is 0 Å². The summed E-state index contributed by atoms with van der Waals surface area (Å²) in [5.74, 6) is 1.24. The number of carbonyl (C=O) groups is 1. The molecule has 1 aromatic carbocycles. The fraction of sp³-hybridized carbons (Fsp3) is 0.429. The van der Waals surface area contributed by atoms with Gasteiger partial charge in [-0.05, 0) is 36.4 Å². The van der Waals surface area contributed by atoms with Gasteiger partial charge in [-0.2, -0.15) is 0 Å². The fourth-order valence-electron chi connectivity index (χ4n) is 4.00. The molecule has 0 bridgehead atoms. The van der Waals surface area contributed by atoms with Crippen molar-refractivity contribution in [3.8, 4) is 5.75 Å². The first kappa shape index (κ1) is 20.4. The number of hydrogen-bond acceptors (Lipinski definition) is 7. The van der Waals surface area contributed by atoms with E-state index < -0.39 is 0 Å². The molecule has 9 heteroatoms. The van der Waals surface area contributed by atoms with Gasteiger partial charge in [0.25, 0.3) is 0 Å². The summed E-state index contributed by atoms with van der Waals surface area (Å²) in [6.07, 6.45) is 2.53. The Morgan fingerprint density at radius 1 is 1.13 bits per heavy atom. The van der Waals surface area contributed by atoms with E-state index in [-0.39, 0.29) is 22.9 Å². The minimum Gasteiger partial charge on any atom is -0.608 e. The van der Waals surface area contributed by atoms with Crippen LogP contribution in [0.1, 0.15) is 6.42 Å². The van der Waals surface area contributed by atoms with Gasteiger partial charge in [0.2, 0.25) is 5.91 Å². The van der Waals surface area contributed by atoms with Crippen LogP contribution in [-0.4, -0.2) is 77.7 Å².